The quantitative estimate of drug-likeness (QED) is 0.127. The number of halogens is 1. The van der Waals surface area contributed by atoms with Gasteiger partial charge in [-0.15, -0.1) is 0 Å². The van der Waals surface area contributed by atoms with Gasteiger partial charge in [0.05, 0.1) is 48.8 Å². The van der Waals surface area contributed by atoms with E-state index in [1.165, 1.54) is 33.5 Å². The highest BCUT2D eigenvalue weighted by Crippen LogP contribution is 2.43. The van der Waals surface area contributed by atoms with Crippen LogP contribution in [0.1, 0.15) is 23.6 Å². The molecule has 2 N–H and O–H groups in total. The van der Waals surface area contributed by atoms with Crippen molar-refractivity contribution >= 4 is 16.5 Å². The second-order valence-electron chi connectivity index (χ2n) is 9.19. The lowest BCUT2D eigenvalue weighted by Crippen LogP contribution is -3.00. The van der Waals surface area contributed by atoms with Crippen molar-refractivity contribution in [3.8, 4) is 45.8 Å². The van der Waals surface area contributed by atoms with Gasteiger partial charge >= 0.3 is 0 Å². The molecule has 4 aromatic rings. The van der Waals surface area contributed by atoms with Crippen LogP contribution >= 0.6 is 0 Å². The summed E-state index contributed by atoms with van der Waals surface area (Å²) in [6.45, 7) is 2.54. The molecular formula is C29H29IN2O8. The van der Waals surface area contributed by atoms with Gasteiger partial charge in [-0.2, -0.15) is 4.57 Å². The number of phenolic OH excluding ortho intramolecular Hbond substituents is 2. The van der Waals surface area contributed by atoms with Crippen molar-refractivity contribution in [3.05, 3.63) is 69.4 Å². The van der Waals surface area contributed by atoms with Gasteiger partial charge in [-0.3, -0.25) is 10.1 Å². The normalized spacial score (nSPS) is 11.7. The van der Waals surface area contributed by atoms with Crippen molar-refractivity contribution in [2.45, 2.75) is 32.9 Å². The zero-order valence-electron chi connectivity index (χ0n) is 22.5. The molecule has 1 aromatic heterocycles. The van der Waals surface area contributed by atoms with Gasteiger partial charge in [0.25, 0.3) is 5.69 Å². The van der Waals surface area contributed by atoms with E-state index in [0.717, 1.165) is 27.8 Å². The fraction of sp³-hybridized carbons (Fsp3) is 0.276. The molecule has 0 unspecified atom stereocenters. The number of nitro groups is 1. The van der Waals surface area contributed by atoms with E-state index in [0.29, 0.717) is 36.3 Å². The summed E-state index contributed by atoms with van der Waals surface area (Å²) >= 11 is 0. The average Bonchev–Trinajstić information content (AvgIpc) is 2.94. The van der Waals surface area contributed by atoms with Crippen molar-refractivity contribution in [1.29, 1.82) is 0 Å². The summed E-state index contributed by atoms with van der Waals surface area (Å²) in [7, 11) is 4.38. The molecule has 1 aliphatic rings. The van der Waals surface area contributed by atoms with E-state index in [4.69, 9.17) is 18.9 Å². The minimum absolute atomic E-state index is 0. The largest absolute Gasteiger partial charge is 1.00 e. The summed E-state index contributed by atoms with van der Waals surface area (Å²) in [6.07, 6.45) is 3.33. The molecule has 5 rings (SSSR count). The lowest BCUT2D eigenvalue weighted by atomic mass is 9.90. The minimum Gasteiger partial charge on any atom is -1.00 e. The number of pyridine rings is 1. The number of ether oxygens (including phenoxy) is 4. The molecule has 10 nitrogen and oxygen atoms in total. The Kier molecular flexibility index (Phi) is 8.43. The maximum Gasteiger partial charge on any atom is 0.280 e. The number of aryl methyl sites for hydroxylation is 3. The number of nitro benzene ring substituents is 1. The summed E-state index contributed by atoms with van der Waals surface area (Å²) in [5.74, 6) is 1.24. The Morgan fingerprint density at radius 1 is 0.950 bits per heavy atom. The molecule has 11 heteroatoms. The van der Waals surface area contributed by atoms with E-state index in [2.05, 4.69) is 11.5 Å². The number of phenols is 2. The topological polar surface area (TPSA) is 124 Å². The van der Waals surface area contributed by atoms with Gasteiger partial charge in [0.2, 0.25) is 5.69 Å². The van der Waals surface area contributed by atoms with Crippen LogP contribution in [0.25, 0.3) is 22.0 Å². The number of hydrogen-bond donors (Lipinski definition) is 2. The van der Waals surface area contributed by atoms with Crippen LogP contribution in [0.3, 0.4) is 0 Å². The van der Waals surface area contributed by atoms with Gasteiger partial charge in [-0.25, -0.2) is 0 Å². The SMILES string of the molecule is CCc1c2[n+](cc3c(OCc4cc(OC)c(OC)cc4[N+](=O)[O-])c(O)ccc13)CCc1cc(O)c(OC)cc1-2.[I-]. The third-order valence-corrected chi connectivity index (χ3v) is 7.15. The second kappa shape index (κ2) is 11.6. The van der Waals surface area contributed by atoms with E-state index in [1.54, 1.807) is 12.1 Å². The number of hydrogen-bond acceptors (Lipinski definition) is 8. The van der Waals surface area contributed by atoms with E-state index in [9.17, 15) is 20.3 Å². The molecule has 0 spiro atoms. The van der Waals surface area contributed by atoms with Crippen LogP contribution in [0.4, 0.5) is 5.69 Å². The van der Waals surface area contributed by atoms with Crippen LogP contribution in [-0.4, -0.2) is 36.5 Å². The van der Waals surface area contributed by atoms with Gasteiger partial charge in [0.1, 0.15) is 6.61 Å². The Morgan fingerprint density at radius 2 is 1.65 bits per heavy atom. The first-order valence-corrected chi connectivity index (χ1v) is 12.4. The summed E-state index contributed by atoms with van der Waals surface area (Å²) in [5.41, 5.74) is 4.16. The van der Waals surface area contributed by atoms with Gasteiger partial charge in [-0.05, 0) is 42.3 Å². The van der Waals surface area contributed by atoms with Crippen LogP contribution in [0.15, 0.2) is 42.6 Å². The molecule has 0 atom stereocenters. The van der Waals surface area contributed by atoms with Crippen molar-refractivity contribution in [1.82, 2.24) is 0 Å². The highest BCUT2D eigenvalue weighted by atomic mass is 127. The molecule has 0 amide bonds. The van der Waals surface area contributed by atoms with Gasteiger partial charge in [0, 0.05) is 17.4 Å². The Hall–Kier alpha value is -4.00. The third kappa shape index (κ3) is 4.89. The average molecular weight is 660 g/mol. The first kappa shape index (κ1) is 29.0. The predicted octanol–water partition coefficient (Wildman–Crippen LogP) is 1.84. The standard InChI is InChI=1S/C29H28N2O8.HI/c1-5-18-19-6-7-23(32)29(39-15-17-11-26(37-3)27(38-4)13-22(17)31(34)35)21(19)14-30-9-8-16-10-24(33)25(36-2)12-20(16)28(18)30;/h6-7,10-14,32H,5,8-9,15H2,1-4H3;1H. The van der Waals surface area contributed by atoms with E-state index < -0.39 is 4.92 Å². The maximum absolute atomic E-state index is 11.8. The lowest BCUT2D eigenvalue weighted by Gasteiger charge is -2.21. The first-order chi connectivity index (χ1) is 18.8. The van der Waals surface area contributed by atoms with Crippen LogP contribution in [0.5, 0.6) is 34.5 Å². The van der Waals surface area contributed by atoms with Crippen molar-refractivity contribution in [2.75, 3.05) is 21.3 Å². The highest BCUT2D eigenvalue weighted by molar-refractivity contribution is 5.95. The van der Waals surface area contributed by atoms with Gasteiger partial charge < -0.3 is 53.1 Å². The van der Waals surface area contributed by atoms with Crippen molar-refractivity contribution < 1.29 is 62.6 Å². The number of benzene rings is 3. The minimum atomic E-state index is -0.505. The van der Waals surface area contributed by atoms with E-state index in [1.807, 2.05) is 18.3 Å². The lowest BCUT2D eigenvalue weighted by molar-refractivity contribution is -0.686. The molecule has 0 fully saturated rings. The number of aromatic hydroxyl groups is 2. The van der Waals surface area contributed by atoms with E-state index in [-0.39, 0.29) is 64.8 Å². The molecule has 0 saturated heterocycles. The highest BCUT2D eigenvalue weighted by Gasteiger charge is 2.31. The van der Waals surface area contributed by atoms with Gasteiger partial charge in [-0.1, -0.05) is 6.92 Å². The molecule has 0 radical (unpaired) electrons. The zero-order valence-corrected chi connectivity index (χ0v) is 24.6. The first-order valence-electron chi connectivity index (χ1n) is 12.4. The van der Waals surface area contributed by atoms with Gasteiger partial charge in [0.15, 0.2) is 47.2 Å². The second-order valence-corrected chi connectivity index (χ2v) is 9.19. The number of aromatic nitrogens is 1. The Balaban J connectivity index is 0.00000370. The summed E-state index contributed by atoms with van der Waals surface area (Å²) in [4.78, 5) is 11.3. The molecular weight excluding hydrogens is 631 g/mol. The molecule has 210 valence electrons. The molecule has 1 aliphatic heterocycles. The van der Waals surface area contributed by atoms with Crippen molar-refractivity contribution in [3.63, 3.8) is 0 Å². The monoisotopic (exact) mass is 660 g/mol. The maximum atomic E-state index is 11.8. The number of methoxy groups -OCH3 is 3. The summed E-state index contributed by atoms with van der Waals surface area (Å²) < 4.78 is 24.1. The third-order valence-electron chi connectivity index (χ3n) is 7.15. The smallest absolute Gasteiger partial charge is 0.280 e. The molecule has 3 aromatic carbocycles. The molecule has 0 bridgehead atoms. The summed E-state index contributed by atoms with van der Waals surface area (Å²) in [6, 6.07) is 9.83. The predicted molar refractivity (Wildman–Crippen MR) is 143 cm³/mol. The summed E-state index contributed by atoms with van der Waals surface area (Å²) in [5, 5.41) is 34.5. The van der Waals surface area contributed by atoms with Crippen molar-refractivity contribution in [2.24, 2.45) is 0 Å². The fourth-order valence-corrected chi connectivity index (χ4v) is 5.29. The zero-order chi connectivity index (χ0) is 27.8. The molecule has 40 heavy (non-hydrogen) atoms. The van der Waals surface area contributed by atoms with Crippen LogP contribution in [0, 0.1) is 10.1 Å². The van der Waals surface area contributed by atoms with E-state index >= 15 is 0 Å². The fourth-order valence-electron chi connectivity index (χ4n) is 5.29. The molecule has 0 saturated carbocycles. The van der Waals surface area contributed by atoms with Crippen LogP contribution in [-0.2, 0) is 26.0 Å². The molecule has 2 heterocycles. The molecule has 0 aliphatic carbocycles. The number of rotatable bonds is 8. The number of fused-ring (bicyclic) bond motifs is 4. The van der Waals surface area contributed by atoms with Crippen LogP contribution < -0.4 is 47.5 Å². The Labute approximate surface area is 247 Å². The Bertz CT molecular complexity index is 1620. The van der Waals surface area contributed by atoms with Crippen LogP contribution in [0.2, 0.25) is 0 Å². The Morgan fingerprint density at radius 3 is 2.30 bits per heavy atom. The number of nitrogens with zero attached hydrogens (tertiary/aromatic N) is 2.